The predicted octanol–water partition coefficient (Wildman–Crippen LogP) is 2.07. The summed E-state index contributed by atoms with van der Waals surface area (Å²) in [5.74, 6) is 0.925. The third kappa shape index (κ3) is 2.76. The van der Waals surface area contributed by atoms with Gasteiger partial charge in [0.15, 0.2) is 0 Å². The topological polar surface area (TPSA) is 42.7 Å². The van der Waals surface area contributed by atoms with Crippen LogP contribution in [-0.2, 0) is 6.54 Å². The van der Waals surface area contributed by atoms with Crippen LogP contribution in [0.25, 0.3) is 0 Å². The minimum atomic E-state index is -0.314. The maximum Gasteiger partial charge on any atom is 0.148 e. The molecule has 0 aliphatic heterocycles. The number of aromatic nitrogens is 3. The maximum absolute atomic E-state index is 13.4. The van der Waals surface area contributed by atoms with Gasteiger partial charge >= 0.3 is 0 Å². The van der Waals surface area contributed by atoms with E-state index < -0.39 is 0 Å². The zero-order chi connectivity index (χ0) is 12.3. The number of hydrogen-bond donors (Lipinski definition) is 2. The molecule has 0 bridgehead atoms. The molecular weight excluding hydrogens is 239 g/mol. The fourth-order valence-corrected chi connectivity index (χ4v) is 1.68. The van der Waals surface area contributed by atoms with Crippen molar-refractivity contribution < 1.29 is 4.39 Å². The largest absolute Gasteiger partial charge is 0.360 e. The molecule has 2 aromatic rings. The van der Waals surface area contributed by atoms with Gasteiger partial charge in [-0.05, 0) is 19.1 Å². The summed E-state index contributed by atoms with van der Waals surface area (Å²) in [5.41, 5.74) is 1.33. The van der Waals surface area contributed by atoms with Crippen LogP contribution in [0.1, 0.15) is 11.4 Å². The van der Waals surface area contributed by atoms with Crippen molar-refractivity contribution in [2.24, 2.45) is 0 Å². The summed E-state index contributed by atoms with van der Waals surface area (Å²) in [6.07, 6.45) is 1.57. The molecule has 0 radical (unpaired) electrons. The number of anilines is 1. The van der Waals surface area contributed by atoms with E-state index in [4.69, 9.17) is 0 Å². The molecule has 0 fully saturated rings. The zero-order valence-electron chi connectivity index (χ0n) is 9.39. The molecule has 0 saturated heterocycles. The Hall–Kier alpha value is -1.56. The molecule has 17 heavy (non-hydrogen) atoms. The molecule has 2 rings (SSSR count). The van der Waals surface area contributed by atoms with E-state index in [-0.39, 0.29) is 5.82 Å². The summed E-state index contributed by atoms with van der Waals surface area (Å²) >= 11 is 4.06. The van der Waals surface area contributed by atoms with Gasteiger partial charge in [0, 0.05) is 18.0 Å². The lowest BCUT2D eigenvalue weighted by Crippen LogP contribution is -2.07. The second-order valence-electron chi connectivity index (χ2n) is 3.60. The zero-order valence-corrected chi connectivity index (χ0v) is 10.3. The molecule has 4 nitrogen and oxygen atoms in total. The number of pyridine rings is 1. The first-order chi connectivity index (χ1) is 8.20. The minimum absolute atomic E-state index is 0.314. The monoisotopic (exact) mass is 252 g/mol. The Balaban J connectivity index is 2.21. The molecular formula is C11H13FN4S. The van der Waals surface area contributed by atoms with Crippen molar-refractivity contribution in [2.45, 2.75) is 13.5 Å². The maximum atomic E-state index is 13.4. The number of hydrogen-bond acceptors (Lipinski definition) is 4. The van der Waals surface area contributed by atoms with Gasteiger partial charge in [0.2, 0.25) is 0 Å². The Morgan fingerprint density at radius 3 is 3.06 bits per heavy atom. The van der Waals surface area contributed by atoms with Crippen molar-refractivity contribution in [3.05, 3.63) is 41.6 Å². The predicted molar refractivity (Wildman–Crippen MR) is 67.7 cm³/mol. The first-order valence-electron chi connectivity index (χ1n) is 5.19. The van der Waals surface area contributed by atoms with Crippen LogP contribution in [0.2, 0.25) is 0 Å². The second kappa shape index (κ2) is 5.18. The van der Waals surface area contributed by atoms with Crippen LogP contribution < -0.4 is 5.32 Å². The van der Waals surface area contributed by atoms with Crippen LogP contribution in [0.5, 0.6) is 0 Å². The average molecular weight is 252 g/mol. The molecule has 2 heterocycles. The number of aryl methyl sites for hydroxylation is 1. The van der Waals surface area contributed by atoms with E-state index in [0.29, 0.717) is 18.1 Å². The molecule has 90 valence electrons. The molecule has 0 aliphatic carbocycles. The Morgan fingerprint density at radius 1 is 1.53 bits per heavy atom. The van der Waals surface area contributed by atoms with Gasteiger partial charge in [-0.3, -0.25) is 9.67 Å². The van der Waals surface area contributed by atoms with Crippen molar-refractivity contribution in [1.82, 2.24) is 14.8 Å². The fourth-order valence-electron chi connectivity index (χ4n) is 1.51. The Labute approximate surface area is 104 Å². The summed E-state index contributed by atoms with van der Waals surface area (Å²) in [4.78, 5) is 4.00. The highest BCUT2D eigenvalue weighted by atomic mass is 32.1. The highest BCUT2D eigenvalue weighted by molar-refractivity contribution is 7.80. The lowest BCUT2D eigenvalue weighted by Gasteiger charge is -2.04. The molecule has 6 heteroatoms. The average Bonchev–Trinajstić information content (AvgIpc) is 2.63. The van der Waals surface area contributed by atoms with Gasteiger partial charge in [0.25, 0.3) is 0 Å². The quantitative estimate of drug-likeness (QED) is 0.646. The summed E-state index contributed by atoms with van der Waals surface area (Å²) in [6, 6.07) is 4.85. The van der Waals surface area contributed by atoms with Crippen LogP contribution in [0.4, 0.5) is 10.2 Å². The van der Waals surface area contributed by atoms with Crippen LogP contribution >= 0.6 is 12.6 Å². The molecule has 0 unspecified atom stereocenters. The molecule has 0 aromatic carbocycles. The van der Waals surface area contributed by atoms with E-state index in [1.54, 1.807) is 16.9 Å². The third-order valence-electron chi connectivity index (χ3n) is 2.38. The van der Waals surface area contributed by atoms with Crippen molar-refractivity contribution in [3.63, 3.8) is 0 Å². The van der Waals surface area contributed by atoms with E-state index in [0.717, 1.165) is 11.5 Å². The van der Waals surface area contributed by atoms with Crippen LogP contribution in [0, 0.1) is 12.7 Å². The number of halogens is 1. The highest BCUT2D eigenvalue weighted by Crippen LogP contribution is 2.11. The van der Waals surface area contributed by atoms with Gasteiger partial charge < -0.3 is 5.32 Å². The number of thiol groups is 1. The summed E-state index contributed by atoms with van der Waals surface area (Å²) in [6.45, 7) is 2.24. The van der Waals surface area contributed by atoms with Gasteiger partial charge in [-0.25, -0.2) is 4.39 Å². The van der Waals surface area contributed by atoms with Gasteiger partial charge in [-0.1, -0.05) is 0 Å². The second-order valence-corrected chi connectivity index (χ2v) is 3.91. The van der Waals surface area contributed by atoms with Crippen LogP contribution in [0.15, 0.2) is 24.4 Å². The Kier molecular flexibility index (Phi) is 3.63. The van der Waals surface area contributed by atoms with Crippen molar-refractivity contribution in [3.8, 4) is 0 Å². The van der Waals surface area contributed by atoms with Crippen LogP contribution in [0.3, 0.4) is 0 Å². The van der Waals surface area contributed by atoms with E-state index in [9.17, 15) is 4.39 Å². The summed E-state index contributed by atoms with van der Waals surface area (Å²) in [7, 11) is 0. The third-order valence-corrected chi connectivity index (χ3v) is 2.53. The summed E-state index contributed by atoms with van der Waals surface area (Å²) < 4.78 is 15.1. The first-order valence-corrected chi connectivity index (χ1v) is 5.82. The van der Waals surface area contributed by atoms with Gasteiger partial charge in [-0.2, -0.15) is 17.7 Å². The van der Waals surface area contributed by atoms with Crippen molar-refractivity contribution in [1.29, 1.82) is 0 Å². The Bertz CT molecular complexity index is 512. The van der Waals surface area contributed by atoms with Crippen molar-refractivity contribution in [2.75, 3.05) is 11.2 Å². The smallest absolute Gasteiger partial charge is 0.148 e. The number of nitrogens with one attached hydrogen (secondary N) is 1. The van der Waals surface area contributed by atoms with Gasteiger partial charge in [-0.15, -0.1) is 0 Å². The first kappa shape index (κ1) is 11.9. The van der Waals surface area contributed by atoms with E-state index in [2.05, 4.69) is 28.0 Å². The van der Waals surface area contributed by atoms with Crippen molar-refractivity contribution >= 4 is 18.4 Å². The molecule has 0 amide bonds. The lowest BCUT2D eigenvalue weighted by molar-refractivity contribution is 0.566. The fraction of sp³-hybridized carbons (Fsp3) is 0.273. The van der Waals surface area contributed by atoms with E-state index in [1.165, 1.54) is 6.07 Å². The standard InChI is InChI=1S/C11H13FN4S/c1-8-5-11(14-7-17)15-16(8)6-10-9(12)3-2-4-13-10/h2-5,17H,6-7H2,1H3,(H,14,15). The molecule has 2 aromatic heterocycles. The highest BCUT2D eigenvalue weighted by Gasteiger charge is 2.08. The van der Waals surface area contributed by atoms with E-state index >= 15 is 0 Å². The summed E-state index contributed by atoms with van der Waals surface area (Å²) in [5, 5.41) is 7.27. The molecule has 0 spiro atoms. The number of rotatable bonds is 4. The normalized spacial score (nSPS) is 10.5. The lowest BCUT2D eigenvalue weighted by atomic mass is 10.3. The Morgan fingerprint density at radius 2 is 2.35 bits per heavy atom. The SMILES string of the molecule is Cc1cc(NCS)nn1Cc1ncccc1F. The van der Waals surface area contributed by atoms with Crippen LogP contribution in [-0.4, -0.2) is 20.6 Å². The van der Waals surface area contributed by atoms with E-state index in [1.807, 2.05) is 13.0 Å². The molecule has 0 saturated carbocycles. The molecule has 0 atom stereocenters. The van der Waals surface area contributed by atoms with Gasteiger partial charge in [0.05, 0.1) is 18.1 Å². The molecule has 1 N–H and O–H groups in total. The van der Waals surface area contributed by atoms with Gasteiger partial charge in [0.1, 0.15) is 11.6 Å². The number of nitrogens with zero attached hydrogens (tertiary/aromatic N) is 3. The molecule has 0 aliphatic rings. The minimum Gasteiger partial charge on any atom is -0.360 e.